The van der Waals surface area contributed by atoms with Gasteiger partial charge in [-0.3, -0.25) is 9.59 Å². The Bertz CT molecular complexity index is 698. The molecule has 120 valence electrons. The number of anilines is 1. The Labute approximate surface area is 134 Å². The Kier molecular flexibility index (Phi) is 5.46. The minimum atomic E-state index is -0.306. The van der Waals surface area contributed by atoms with Crippen molar-refractivity contribution in [1.82, 2.24) is 5.32 Å². The average molecular weight is 314 g/mol. The molecule has 0 radical (unpaired) electrons. The molecule has 0 aliphatic heterocycles. The van der Waals surface area contributed by atoms with Gasteiger partial charge in [0.15, 0.2) is 5.78 Å². The number of carbonyl (C=O) groups is 2. The Morgan fingerprint density at radius 2 is 1.83 bits per heavy atom. The fourth-order valence-electron chi connectivity index (χ4n) is 2.16. The molecular weight excluding hydrogens is 295 g/mol. The Morgan fingerprint density at radius 1 is 1.13 bits per heavy atom. The van der Waals surface area contributed by atoms with Crippen LogP contribution >= 0.6 is 0 Å². The van der Waals surface area contributed by atoms with Crippen molar-refractivity contribution in [3.8, 4) is 0 Å². The molecule has 0 bridgehead atoms. The van der Waals surface area contributed by atoms with Gasteiger partial charge in [-0.1, -0.05) is 24.3 Å². The predicted octanol–water partition coefficient (Wildman–Crippen LogP) is 3.32. The zero-order chi connectivity index (χ0) is 16.8. The van der Waals surface area contributed by atoms with E-state index < -0.39 is 0 Å². The normalized spacial score (nSPS) is 11.6. The largest absolute Gasteiger partial charge is 0.376 e. The Hall–Kier alpha value is -2.69. The van der Waals surface area contributed by atoms with E-state index in [1.54, 1.807) is 36.4 Å². The van der Waals surface area contributed by atoms with Gasteiger partial charge in [0.25, 0.3) is 0 Å². The van der Waals surface area contributed by atoms with Gasteiger partial charge in [0.1, 0.15) is 5.82 Å². The van der Waals surface area contributed by atoms with Crippen molar-refractivity contribution in [3.05, 3.63) is 65.5 Å². The number of nitrogens with one attached hydrogen (secondary N) is 2. The average Bonchev–Trinajstić information content (AvgIpc) is 2.53. The van der Waals surface area contributed by atoms with Gasteiger partial charge in [0, 0.05) is 11.3 Å². The lowest BCUT2D eigenvalue weighted by Crippen LogP contribution is -2.32. The number of rotatable bonds is 6. The van der Waals surface area contributed by atoms with Crippen molar-refractivity contribution in [2.75, 3.05) is 11.9 Å². The number of benzene rings is 2. The zero-order valence-electron chi connectivity index (χ0n) is 13.1. The molecule has 2 aromatic rings. The molecule has 2 rings (SSSR count). The maximum atomic E-state index is 12.9. The summed E-state index contributed by atoms with van der Waals surface area (Å²) in [5, 5.41) is 5.81. The van der Waals surface area contributed by atoms with Crippen molar-refractivity contribution >= 4 is 17.4 Å². The molecule has 0 heterocycles. The highest BCUT2D eigenvalue weighted by Gasteiger charge is 2.09. The molecule has 23 heavy (non-hydrogen) atoms. The highest BCUT2D eigenvalue weighted by Crippen LogP contribution is 2.13. The van der Waals surface area contributed by atoms with E-state index in [4.69, 9.17) is 0 Å². The molecule has 0 fully saturated rings. The van der Waals surface area contributed by atoms with Crippen LogP contribution in [0.1, 0.15) is 35.8 Å². The van der Waals surface area contributed by atoms with Crippen LogP contribution in [0.3, 0.4) is 0 Å². The summed E-state index contributed by atoms with van der Waals surface area (Å²) < 4.78 is 12.9. The van der Waals surface area contributed by atoms with Crippen LogP contribution in [0, 0.1) is 5.82 Å². The number of hydrogen-bond acceptors (Lipinski definition) is 3. The zero-order valence-corrected chi connectivity index (χ0v) is 13.1. The topological polar surface area (TPSA) is 58.2 Å². The number of amides is 1. The van der Waals surface area contributed by atoms with Crippen LogP contribution in [-0.4, -0.2) is 18.2 Å². The third-order valence-corrected chi connectivity index (χ3v) is 3.47. The first kappa shape index (κ1) is 16.7. The van der Waals surface area contributed by atoms with Gasteiger partial charge >= 0.3 is 0 Å². The first-order valence-corrected chi connectivity index (χ1v) is 7.35. The van der Waals surface area contributed by atoms with E-state index in [1.165, 1.54) is 19.1 Å². The lowest BCUT2D eigenvalue weighted by Gasteiger charge is -2.15. The first-order chi connectivity index (χ1) is 11.0. The van der Waals surface area contributed by atoms with E-state index in [-0.39, 0.29) is 30.1 Å². The molecule has 0 aliphatic rings. The van der Waals surface area contributed by atoms with Crippen molar-refractivity contribution in [1.29, 1.82) is 0 Å². The summed E-state index contributed by atoms with van der Waals surface area (Å²) in [6.07, 6.45) is 0. The summed E-state index contributed by atoms with van der Waals surface area (Å²) in [6, 6.07) is 12.8. The third kappa shape index (κ3) is 4.92. The number of carbonyl (C=O) groups excluding carboxylic acids is 2. The van der Waals surface area contributed by atoms with Crippen LogP contribution in [0.2, 0.25) is 0 Å². The molecule has 1 amide bonds. The third-order valence-electron chi connectivity index (χ3n) is 3.47. The minimum Gasteiger partial charge on any atom is -0.376 e. The maximum absolute atomic E-state index is 12.9. The summed E-state index contributed by atoms with van der Waals surface area (Å²) in [7, 11) is 0. The van der Waals surface area contributed by atoms with E-state index in [9.17, 15) is 14.0 Å². The quantitative estimate of drug-likeness (QED) is 0.804. The van der Waals surface area contributed by atoms with Crippen molar-refractivity contribution in [2.45, 2.75) is 19.9 Å². The molecule has 2 N–H and O–H groups in total. The monoisotopic (exact) mass is 314 g/mol. The standard InChI is InChI=1S/C18H19FN2O2/c1-12(14-6-8-16(19)9-7-14)21-18(23)11-20-17-5-3-4-15(10-17)13(2)22/h3-10,12,20H,11H2,1-2H3,(H,21,23). The fraction of sp³-hybridized carbons (Fsp3) is 0.222. The maximum Gasteiger partial charge on any atom is 0.239 e. The molecule has 1 unspecified atom stereocenters. The smallest absolute Gasteiger partial charge is 0.239 e. The summed E-state index contributed by atoms with van der Waals surface area (Å²) in [5.74, 6) is -0.516. The van der Waals surface area contributed by atoms with Crippen LogP contribution < -0.4 is 10.6 Å². The molecule has 0 aromatic heterocycles. The summed E-state index contributed by atoms with van der Waals surface area (Å²) in [4.78, 5) is 23.3. The van der Waals surface area contributed by atoms with Crippen LogP contribution in [-0.2, 0) is 4.79 Å². The van der Waals surface area contributed by atoms with Gasteiger partial charge in [-0.2, -0.15) is 0 Å². The van der Waals surface area contributed by atoms with E-state index in [1.807, 2.05) is 6.92 Å². The van der Waals surface area contributed by atoms with E-state index in [2.05, 4.69) is 10.6 Å². The van der Waals surface area contributed by atoms with Gasteiger partial charge in [-0.25, -0.2) is 4.39 Å². The van der Waals surface area contributed by atoms with Crippen molar-refractivity contribution in [3.63, 3.8) is 0 Å². The molecule has 0 aliphatic carbocycles. The van der Waals surface area contributed by atoms with E-state index in [0.29, 0.717) is 11.3 Å². The summed E-state index contributed by atoms with van der Waals surface area (Å²) in [6.45, 7) is 3.42. The van der Waals surface area contributed by atoms with Crippen molar-refractivity contribution < 1.29 is 14.0 Å². The van der Waals surface area contributed by atoms with Gasteiger partial charge in [0.05, 0.1) is 12.6 Å². The molecule has 0 spiro atoms. The molecular formula is C18H19FN2O2. The molecule has 0 saturated carbocycles. The molecule has 0 saturated heterocycles. The van der Waals surface area contributed by atoms with Crippen LogP contribution in [0.5, 0.6) is 0 Å². The van der Waals surface area contributed by atoms with Crippen molar-refractivity contribution in [2.24, 2.45) is 0 Å². The second-order valence-corrected chi connectivity index (χ2v) is 5.33. The van der Waals surface area contributed by atoms with Gasteiger partial charge in [-0.05, 0) is 43.7 Å². The fourth-order valence-corrected chi connectivity index (χ4v) is 2.16. The second-order valence-electron chi connectivity index (χ2n) is 5.33. The number of Topliss-reactive ketones (excluding diaryl/α,β-unsaturated/α-hetero) is 1. The summed E-state index contributed by atoms with van der Waals surface area (Å²) in [5.41, 5.74) is 2.13. The first-order valence-electron chi connectivity index (χ1n) is 7.35. The van der Waals surface area contributed by atoms with Crippen LogP contribution in [0.25, 0.3) is 0 Å². The van der Waals surface area contributed by atoms with Crippen LogP contribution in [0.15, 0.2) is 48.5 Å². The summed E-state index contributed by atoms with van der Waals surface area (Å²) >= 11 is 0. The van der Waals surface area contributed by atoms with Crippen LogP contribution in [0.4, 0.5) is 10.1 Å². The molecule has 1 atom stereocenters. The number of hydrogen-bond donors (Lipinski definition) is 2. The SMILES string of the molecule is CC(=O)c1cccc(NCC(=O)NC(C)c2ccc(F)cc2)c1. The Balaban J connectivity index is 1.88. The molecule has 5 heteroatoms. The lowest BCUT2D eigenvalue weighted by atomic mass is 10.1. The highest BCUT2D eigenvalue weighted by atomic mass is 19.1. The lowest BCUT2D eigenvalue weighted by molar-refractivity contribution is -0.120. The minimum absolute atomic E-state index is 0.0250. The second kappa shape index (κ2) is 7.54. The predicted molar refractivity (Wildman–Crippen MR) is 87.9 cm³/mol. The molecule has 4 nitrogen and oxygen atoms in total. The molecule has 2 aromatic carbocycles. The van der Waals surface area contributed by atoms with Gasteiger partial charge in [-0.15, -0.1) is 0 Å². The number of ketones is 1. The van der Waals surface area contributed by atoms with E-state index in [0.717, 1.165) is 5.56 Å². The highest BCUT2D eigenvalue weighted by molar-refractivity contribution is 5.95. The number of halogens is 1. The van der Waals surface area contributed by atoms with Gasteiger partial charge in [0.2, 0.25) is 5.91 Å². The van der Waals surface area contributed by atoms with E-state index >= 15 is 0 Å². The Morgan fingerprint density at radius 3 is 2.48 bits per heavy atom. The van der Waals surface area contributed by atoms with Gasteiger partial charge < -0.3 is 10.6 Å².